The van der Waals surface area contributed by atoms with E-state index in [1.54, 1.807) is 12.1 Å². The average molecular weight is 313 g/mol. The van der Waals surface area contributed by atoms with Crippen LogP contribution in [0, 0.1) is 5.82 Å². The Morgan fingerprint density at radius 1 is 1.43 bits per heavy atom. The number of amides is 1. The smallest absolute Gasteiger partial charge is 0.230 e. The van der Waals surface area contributed by atoms with Crippen LogP contribution >= 0.6 is 12.4 Å². The molecule has 0 saturated carbocycles. The highest BCUT2D eigenvalue weighted by molar-refractivity contribution is 5.87. The van der Waals surface area contributed by atoms with Crippen LogP contribution < -0.4 is 10.6 Å². The van der Waals surface area contributed by atoms with Crippen molar-refractivity contribution in [3.8, 4) is 0 Å². The van der Waals surface area contributed by atoms with E-state index in [9.17, 15) is 9.18 Å². The van der Waals surface area contributed by atoms with Crippen LogP contribution in [0.3, 0.4) is 0 Å². The van der Waals surface area contributed by atoms with E-state index in [4.69, 9.17) is 0 Å². The van der Waals surface area contributed by atoms with E-state index < -0.39 is 5.41 Å². The van der Waals surface area contributed by atoms with Crippen molar-refractivity contribution in [2.45, 2.75) is 25.7 Å². The number of rotatable bonds is 4. The van der Waals surface area contributed by atoms with Gasteiger partial charge >= 0.3 is 0 Å². The van der Waals surface area contributed by atoms with Gasteiger partial charge in [0.1, 0.15) is 5.82 Å². The Morgan fingerprint density at radius 2 is 2.19 bits per heavy atom. The van der Waals surface area contributed by atoms with E-state index in [0.29, 0.717) is 12.1 Å². The maximum Gasteiger partial charge on any atom is 0.230 e. The number of benzene rings is 1. The minimum atomic E-state index is -0.740. The molecule has 0 unspecified atom stereocenters. The fourth-order valence-corrected chi connectivity index (χ4v) is 2.25. The van der Waals surface area contributed by atoms with E-state index in [1.807, 2.05) is 13.8 Å². The first-order chi connectivity index (χ1) is 9.50. The monoisotopic (exact) mass is 312 g/mol. The Labute approximate surface area is 131 Å². The molecule has 1 aliphatic rings. The molecule has 5 heteroatoms. The summed E-state index contributed by atoms with van der Waals surface area (Å²) < 4.78 is 13.3. The molecule has 3 nitrogen and oxygen atoms in total. The SMILES string of the molecule is CC(C)(C(=O)NCC1=CCNCC1)c1cccc(F)c1.Cl. The molecule has 2 rings (SSSR count). The van der Waals surface area contributed by atoms with Crippen molar-refractivity contribution >= 4 is 18.3 Å². The summed E-state index contributed by atoms with van der Waals surface area (Å²) in [5.74, 6) is -0.396. The normalized spacial score (nSPS) is 14.9. The van der Waals surface area contributed by atoms with Crippen LogP contribution in [-0.2, 0) is 10.2 Å². The molecule has 0 radical (unpaired) electrons. The van der Waals surface area contributed by atoms with Gasteiger partial charge in [-0.1, -0.05) is 23.8 Å². The fourth-order valence-electron chi connectivity index (χ4n) is 2.25. The first-order valence-electron chi connectivity index (χ1n) is 6.93. The fraction of sp³-hybridized carbons (Fsp3) is 0.438. The van der Waals surface area contributed by atoms with Gasteiger partial charge in [0.05, 0.1) is 5.41 Å². The second-order valence-electron chi connectivity index (χ2n) is 5.63. The third-order valence-electron chi connectivity index (χ3n) is 3.75. The van der Waals surface area contributed by atoms with Gasteiger partial charge in [0.25, 0.3) is 0 Å². The van der Waals surface area contributed by atoms with Gasteiger partial charge < -0.3 is 10.6 Å². The van der Waals surface area contributed by atoms with Gasteiger partial charge in [-0.25, -0.2) is 4.39 Å². The molecule has 1 aromatic rings. The number of nitrogens with one attached hydrogen (secondary N) is 2. The van der Waals surface area contributed by atoms with Gasteiger partial charge in [-0.2, -0.15) is 0 Å². The third kappa shape index (κ3) is 4.55. The van der Waals surface area contributed by atoms with E-state index in [-0.39, 0.29) is 24.1 Å². The summed E-state index contributed by atoms with van der Waals surface area (Å²) in [7, 11) is 0. The zero-order valence-corrected chi connectivity index (χ0v) is 13.2. The van der Waals surface area contributed by atoms with Crippen LogP contribution in [0.25, 0.3) is 0 Å². The van der Waals surface area contributed by atoms with Crippen molar-refractivity contribution in [2.75, 3.05) is 19.6 Å². The quantitative estimate of drug-likeness (QED) is 0.839. The summed E-state index contributed by atoms with van der Waals surface area (Å²) in [6, 6.07) is 6.22. The van der Waals surface area contributed by atoms with Crippen LogP contribution in [0.5, 0.6) is 0 Å². The van der Waals surface area contributed by atoms with Gasteiger partial charge in [0.2, 0.25) is 5.91 Å². The van der Waals surface area contributed by atoms with Gasteiger partial charge in [-0.3, -0.25) is 4.79 Å². The summed E-state index contributed by atoms with van der Waals surface area (Å²) in [4.78, 5) is 12.3. The molecule has 21 heavy (non-hydrogen) atoms. The van der Waals surface area contributed by atoms with E-state index in [0.717, 1.165) is 19.5 Å². The molecule has 1 aliphatic heterocycles. The predicted molar refractivity (Wildman–Crippen MR) is 85.3 cm³/mol. The maximum absolute atomic E-state index is 13.3. The molecule has 0 fully saturated rings. The minimum absolute atomic E-state index is 0. The van der Waals surface area contributed by atoms with Crippen molar-refractivity contribution in [1.29, 1.82) is 0 Å². The van der Waals surface area contributed by atoms with E-state index in [1.165, 1.54) is 17.7 Å². The molecule has 1 heterocycles. The Kier molecular flexibility index (Phi) is 6.37. The second-order valence-corrected chi connectivity index (χ2v) is 5.63. The summed E-state index contributed by atoms with van der Waals surface area (Å²) >= 11 is 0. The third-order valence-corrected chi connectivity index (χ3v) is 3.75. The lowest BCUT2D eigenvalue weighted by Gasteiger charge is -2.25. The Hall–Kier alpha value is -1.39. The van der Waals surface area contributed by atoms with Gasteiger partial charge in [-0.05, 0) is 44.5 Å². The lowest BCUT2D eigenvalue weighted by Crippen LogP contribution is -2.41. The van der Waals surface area contributed by atoms with Crippen LogP contribution in [0.1, 0.15) is 25.8 Å². The summed E-state index contributed by atoms with van der Waals surface area (Å²) in [6.45, 7) is 6.01. The van der Waals surface area contributed by atoms with Crippen LogP contribution in [-0.4, -0.2) is 25.5 Å². The molecule has 1 amide bonds. The summed E-state index contributed by atoms with van der Waals surface area (Å²) in [6.07, 6.45) is 3.07. The highest BCUT2D eigenvalue weighted by atomic mass is 35.5. The van der Waals surface area contributed by atoms with Crippen molar-refractivity contribution in [3.05, 3.63) is 47.3 Å². The van der Waals surface area contributed by atoms with Crippen molar-refractivity contribution < 1.29 is 9.18 Å². The van der Waals surface area contributed by atoms with Crippen molar-refractivity contribution in [2.24, 2.45) is 0 Å². The highest BCUT2D eigenvalue weighted by Crippen LogP contribution is 2.24. The molecular formula is C16H22ClFN2O. The molecule has 2 N–H and O–H groups in total. The number of hydrogen-bond acceptors (Lipinski definition) is 2. The zero-order valence-electron chi connectivity index (χ0n) is 12.4. The topological polar surface area (TPSA) is 41.1 Å². The molecule has 0 atom stereocenters. The van der Waals surface area contributed by atoms with Crippen molar-refractivity contribution in [1.82, 2.24) is 10.6 Å². The first-order valence-corrected chi connectivity index (χ1v) is 6.93. The van der Waals surface area contributed by atoms with Gasteiger partial charge in [0.15, 0.2) is 0 Å². The Bertz CT molecular complexity index is 529. The average Bonchev–Trinajstić information content (AvgIpc) is 2.45. The number of carbonyl (C=O) groups is 1. The number of halogens is 2. The highest BCUT2D eigenvalue weighted by Gasteiger charge is 2.29. The summed E-state index contributed by atoms with van der Waals surface area (Å²) in [5.41, 5.74) is 1.19. The van der Waals surface area contributed by atoms with E-state index in [2.05, 4.69) is 16.7 Å². The lowest BCUT2D eigenvalue weighted by molar-refractivity contribution is -0.125. The first kappa shape index (κ1) is 17.7. The lowest BCUT2D eigenvalue weighted by atomic mass is 9.83. The molecule has 0 spiro atoms. The second kappa shape index (κ2) is 7.57. The molecule has 0 bridgehead atoms. The molecule has 116 valence electrons. The van der Waals surface area contributed by atoms with Gasteiger partial charge in [0, 0.05) is 13.1 Å². The number of hydrogen-bond donors (Lipinski definition) is 2. The zero-order chi connectivity index (χ0) is 14.6. The van der Waals surface area contributed by atoms with Crippen LogP contribution in [0.2, 0.25) is 0 Å². The standard InChI is InChI=1S/C16H21FN2O.ClH/c1-16(2,13-4-3-5-14(17)10-13)15(20)19-11-12-6-8-18-9-7-12;/h3-6,10,18H,7-9,11H2,1-2H3,(H,19,20);1H. The Morgan fingerprint density at radius 3 is 2.81 bits per heavy atom. The molecule has 1 aromatic carbocycles. The largest absolute Gasteiger partial charge is 0.352 e. The van der Waals surface area contributed by atoms with Crippen LogP contribution in [0.4, 0.5) is 4.39 Å². The number of carbonyl (C=O) groups excluding carboxylic acids is 1. The minimum Gasteiger partial charge on any atom is -0.352 e. The van der Waals surface area contributed by atoms with Gasteiger partial charge in [-0.15, -0.1) is 12.4 Å². The predicted octanol–water partition coefficient (Wildman–Crippen LogP) is 2.56. The molecule has 0 aliphatic carbocycles. The maximum atomic E-state index is 13.3. The van der Waals surface area contributed by atoms with Crippen LogP contribution in [0.15, 0.2) is 35.9 Å². The van der Waals surface area contributed by atoms with Crippen molar-refractivity contribution in [3.63, 3.8) is 0 Å². The summed E-state index contributed by atoms with van der Waals surface area (Å²) in [5, 5.41) is 6.19. The molecular weight excluding hydrogens is 291 g/mol. The molecule has 0 aromatic heterocycles. The van der Waals surface area contributed by atoms with E-state index >= 15 is 0 Å². The molecule has 0 saturated heterocycles. The Balaban J connectivity index is 0.00000220.